The van der Waals surface area contributed by atoms with Crippen molar-refractivity contribution < 1.29 is 23.9 Å². The van der Waals surface area contributed by atoms with Crippen molar-refractivity contribution in [2.75, 3.05) is 5.32 Å². The fourth-order valence-corrected chi connectivity index (χ4v) is 4.19. The molecule has 0 aromatic heterocycles. The molecule has 0 aliphatic carbocycles. The lowest BCUT2D eigenvalue weighted by Gasteiger charge is -2.12. The second-order valence-electron chi connectivity index (χ2n) is 9.28. The Labute approximate surface area is 226 Å². The van der Waals surface area contributed by atoms with E-state index in [4.69, 9.17) is 0 Å². The van der Waals surface area contributed by atoms with Crippen LogP contribution in [-0.4, -0.2) is 22.9 Å². The summed E-state index contributed by atoms with van der Waals surface area (Å²) in [5, 5.41) is 15.1. The van der Waals surface area contributed by atoms with Gasteiger partial charge in [0.1, 0.15) is 5.82 Å². The fourth-order valence-electron chi connectivity index (χ4n) is 4.19. The van der Waals surface area contributed by atoms with E-state index in [0.29, 0.717) is 24.1 Å². The van der Waals surface area contributed by atoms with Crippen LogP contribution in [0, 0.1) is 11.7 Å². The van der Waals surface area contributed by atoms with Crippen LogP contribution in [0.15, 0.2) is 103 Å². The Morgan fingerprint density at radius 1 is 0.744 bits per heavy atom. The van der Waals surface area contributed by atoms with Gasteiger partial charge in [0.15, 0.2) is 5.78 Å². The third kappa shape index (κ3) is 8.10. The number of ketones is 1. The number of amides is 2. The Morgan fingerprint density at radius 2 is 1.36 bits per heavy atom. The number of aliphatic carboxylic acids is 1. The predicted molar refractivity (Wildman–Crippen MR) is 149 cm³/mol. The maximum atomic E-state index is 13.0. The van der Waals surface area contributed by atoms with E-state index in [1.54, 1.807) is 36.4 Å². The van der Waals surface area contributed by atoms with Gasteiger partial charge < -0.3 is 15.7 Å². The van der Waals surface area contributed by atoms with E-state index in [2.05, 4.69) is 10.6 Å². The summed E-state index contributed by atoms with van der Waals surface area (Å²) >= 11 is 0. The summed E-state index contributed by atoms with van der Waals surface area (Å²) < 4.78 is 13.0. The first-order valence-corrected chi connectivity index (χ1v) is 12.7. The number of benzene rings is 4. The van der Waals surface area contributed by atoms with Crippen LogP contribution in [0.3, 0.4) is 0 Å². The zero-order valence-electron chi connectivity index (χ0n) is 21.3. The van der Waals surface area contributed by atoms with Crippen molar-refractivity contribution in [3.8, 4) is 11.1 Å². The summed E-state index contributed by atoms with van der Waals surface area (Å²) in [6.45, 7) is 0.273. The Bertz CT molecular complexity index is 1400. The van der Waals surface area contributed by atoms with E-state index < -0.39 is 11.9 Å². The number of urea groups is 1. The number of aryl methyl sites for hydroxylation is 1. The number of carbonyl (C=O) groups excluding carboxylic acids is 2. The van der Waals surface area contributed by atoms with Gasteiger partial charge in [-0.15, -0.1) is 0 Å². The zero-order chi connectivity index (χ0) is 27.6. The van der Waals surface area contributed by atoms with Gasteiger partial charge in [-0.3, -0.25) is 9.59 Å². The van der Waals surface area contributed by atoms with Gasteiger partial charge >= 0.3 is 12.0 Å². The lowest BCUT2D eigenvalue weighted by atomic mass is 9.92. The Morgan fingerprint density at radius 3 is 1.97 bits per heavy atom. The third-order valence-corrected chi connectivity index (χ3v) is 6.45. The minimum absolute atomic E-state index is 0.0505. The van der Waals surface area contributed by atoms with Crippen molar-refractivity contribution in [2.24, 2.45) is 5.92 Å². The van der Waals surface area contributed by atoms with Crippen LogP contribution in [0.2, 0.25) is 0 Å². The van der Waals surface area contributed by atoms with E-state index in [0.717, 1.165) is 22.3 Å². The van der Waals surface area contributed by atoms with Crippen molar-refractivity contribution in [1.29, 1.82) is 0 Å². The summed E-state index contributed by atoms with van der Waals surface area (Å²) in [6, 6.07) is 29.5. The van der Waals surface area contributed by atoms with Crippen molar-refractivity contribution in [1.82, 2.24) is 5.32 Å². The second-order valence-corrected chi connectivity index (χ2v) is 9.28. The summed E-state index contributed by atoms with van der Waals surface area (Å²) in [5.74, 6) is -2.24. The number of halogens is 1. The standard InChI is InChI=1S/C32H29FN2O4/c33-28-16-7-23(8-17-28)21-34-32(39)35-29-18-14-25(15-19-29)24-10-12-26(13-11-24)30(36)20-27(31(37)38)9-6-22-4-2-1-3-5-22/h1-5,7-8,10-19,27H,6,9,20-21H2,(H,37,38)(H2,34,35,39). The van der Waals surface area contributed by atoms with Gasteiger partial charge in [0.2, 0.25) is 0 Å². The van der Waals surface area contributed by atoms with E-state index in [9.17, 15) is 23.9 Å². The molecule has 4 rings (SSSR count). The molecule has 0 heterocycles. The van der Waals surface area contributed by atoms with Gasteiger partial charge in [-0.2, -0.15) is 0 Å². The third-order valence-electron chi connectivity index (χ3n) is 6.45. The summed E-state index contributed by atoms with van der Waals surface area (Å²) in [7, 11) is 0. The first-order valence-electron chi connectivity index (χ1n) is 12.7. The van der Waals surface area contributed by atoms with Crippen LogP contribution in [-0.2, 0) is 17.8 Å². The number of anilines is 1. The van der Waals surface area contributed by atoms with Crippen LogP contribution in [0.1, 0.15) is 34.3 Å². The van der Waals surface area contributed by atoms with Crippen LogP contribution < -0.4 is 10.6 Å². The first kappa shape index (κ1) is 27.3. The minimum Gasteiger partial charge on any atom is -0.481 e. The SMILES string of the molecule is O=C(NCc1ccc(F)cc1)Nc1ccc(-c2ccc(C(=O)CC(CCc3ccccc3)C(=O)O)cc2)cc1. The van der Waals surface area contributed by atoms with Crippen LogP contribution in [0.25, 0.3) is 11.1 Å². The molecular formula is C32H29FN2O4. The smallest absolute Gasteiger partial charge is 0.319 e. The molecule has 4 aromatic rings. The van der Waals surface area contributed by atoms with E-state index >= 15 is 0 Å². The largest absolute Gasteiger partial charge is 0.481 e. The average Bonchev–Trinajstić information content (AvgIpc) is 2.96. The topological polar surface area (TPSA) is 95.5 Å². The molecule has 0 spiro atoms. The molecule has 198 valence electrons. The lowest BCUT2D eigenvalue weighted by Crippen LogP contribution is -2.28. The normalized spacial score (nSPS) is 11.4. The number of rotatable bonds is 11. The molecule has 0 saturated carbocycles. The van der Waals surface area contributed by atoms with Gasteiger partial charge in [-0.1, -0.05) is 78.9 Å². The van der Waals surface area contributed by atoms with Crippen LogP contribution >= 0.6 is 0 Å². The molecule has 3 N–H and O–H groups in total. The Balaban J connectivity index is 1.29. The zero-order valence-corrected chi connectivity index (χ0v) is 21.3. The molecule has 4 aromatic carbocycles. The fraction of sp³-hybridized carbons (Fsp3) is 0.156. The molecule has 0 aliphatic rings. The van der Waals surface area contributed by atoms with Crippen molar-refractivity contribution >= 4 is 23.5 Å². The van der Waals surface area contributed by atoms with Crippen molar-refractivity contribution in [3.05, 3.63) is 126 Å². The molecule has 0 bridgehead atoms. The molecule has 0 fully saturated rings. The number of Topliss-reactive ketones (excluding diaryl/α,β-unsaturated/α-hetero) is 1. The molecule has 39 heavy (non-hydrogen) atoms. The summed E-state index contributed by atoms with van der Waals surface area (Å²) in [4.78, 5) is 36.7. The quantitative estimate of drug-likeness (QED) is 0.190. The summed E-state index contributed by atoms with van der Waals surface area (Å²) in [6.07, 6.45) is 0.948. The van der Waals surface area contributed by atoms with Gasteiger partial charge in [0, 0.05) is 24.2 Å². The van der Waals surface area contributed by atoms with Gasteiger partial charge in [0.05, 0.1) is 5.92 Å². The second kappa shape index (κ2) is 13.1. The molecule has 7 heteroatoms. The van der Waals surface area contributed by atoms with Crippen LogP contribution in [0.5, 0.6) is 0 Å². The highest BCUT2D eigenvalue weighted by Crippen LogP contribution is 2.23. The molecule has 1 atom stereocenters. The van der Waals surface area contributed by atoms with Crippen LogP contribution in [0.4, 0.5) is 14.9 Å². The van der Waals surface area contributed by atoms with E-state index in [1.807, 2.05) is 54.6 Å². The van der Waals surface area contributed by atoms with E-state index in [-0.39, 0.29) is 30.6 Å². The molecular weight excluding hydrogens is 495 g/mol. The first-order chi connectivity index (χ1) is 18.9. The molecule has 1 unspecified atom stereocenters. The number of carboxylic acids is 1. The number of nitrogens with one attached hydrogen (secondary N) is 2. The van der Waals surface area contributed by atoms with Gasteiger partial charge in [-0.25, -0.2) is 9.18 Å². The highest BCUT2D eigenvalue weighted by atomic mass is 19.1. The highest BCUT2D eigenvalue weighted by Gasteiger charge is 2.22. The average molecular weight is 525 g/mol. The van der Waals surface area contributed by atoms with Crippen molar-refractivity contribution in [2.45, 2.75) is 25.8 Å². The molecule has 0 saturated heterocycles. The molecule has 0 aliphatic heterocycles. The molecule has 6 nitrogen and oxygen atoms in total. The molecule has 2 amide bonds. The van der Waals surface area contributed by atoms with Gasteiger partial charge in [-0.05, 0) is 59.4 Å². The number of carbonyl (C=O) groups is 3. The van der Waals surface area contributed by atoms with Crippen molar-refractivity contribution in [3.63, 3.8) is 0 Å². The summed E-state index contributed by atoms with van der Waals surface area (Å²) in [5.41, 5.74) is 4.70. The van der Waals surface area contributed by atoms with Gasteiger partial charge in [0.25, 0.3) is 0 Å². The Hall–Kier alpha value is -4.78. The lowest BCUT2D eigenvalue weighted by molar-refractivity contribution is -0.141. The predicted octanol–water partition coefficient (Wildman–Crippen LogP) is 6.72. The number of hydrogen-bond acceptors (Lipinski definition) is 3. The maximum Gasteiger partial charge on any atom is 0.319 e. The molecule has 0 radical (unpaired) electrons. The monoisotopic (exact) mass is 524 g/mol. The number of hydrogen-bond donors (Lipinski definition) is 3. The van der Waals surface area contributed by atoms with E-state index in [1.165, 1.54) is 12.1 Å². The maximum absolute atomic E-state index is 13.0. The minimum atomic E-state index is -0.964. The number of carboxylic acid groups (broad SMARTS) is 1. The highest BCUT2D eigenvalue weighted by molar-refractivity contribution is 5.98. The Kier molecular flexibility index (Phi) is 9.19.